The van der Waals surface area contributed by atoms with Crippen LogP contribution in [-0.2, 0) is 13.2 Å². The Morgan fingerprint density at radius 2 is 1.90 bits per heavy atom. The number of nitriles is 1. The van der Waals surface area contributed by atoms with Gasteiger partial charge in [-0.05, 0) is 24.3 Å². The van der Waals surface area contributed by atoms with Crippen molar-refractivity contribution in [1.82, 2.24) is 0 Å². The van der Waals surface area contributed by atoms with Gasteiger partial charge in [-0.3, -0.25) is 0 Å². The lowest BCUT2D eigenvalue weighted by Gasteiger charge is -2.12. The molecule has 0 spiro atoms. The molecule has 102 valence electrons. The van der Waals surface area contributed by atoms with Crippen molar-refractivity contribution >= 4 is 0 Å². The van der Waals surface area contributed by atoms with Crippen LogP contribution in [-0.4, -0.2) is 7.11 Å². The van der Waals surface area contributed by atoms with Crippen LogP contribution in [0.5, 0.6) is 11.5 Å². The number of ether oxygens (including phenoxy) is 2. The molecule has 0 bridgehead atoms. The Hall–Kier alpha value is -2.51. The Morgan fingerprint density at radius 1 is 1.10 bits per heavy atom. The zero-order valence-corrected chi connectivity index (χ0v) is 11.3. The summed E-state index contributed by atoms with van der Waals surface area (Å²) >= 11 is 0. The second-order valence-electron chi connectivity index (χ2n) is 4.24. The molecule has 4 nitrogen and oxygen atoms in total. The molecule has 0 atom stereocenters. The molecule has 20 heavy (non-hydrogen) atoms. The minimum absolute atomic E-state index is 0.329. The summed E-state index contributed by atoms with van der Waals surface area (Å²) in [5.41, 5.74) is 8.03. The number of nitrogens with zero attached hydrogens (tertiary/aromatic N) is 1. The van der Waals surface area contributed by atoms with Crippen LogP contribution >= 0.6 is 0 Å². The molecule has 0 fully saturated rings. The topological polar surface area (TPSA) is 68.3 Å². The van der Waals surface area contributed by atoms with E-state index in [2.05, 4.69) is 6.07 Å². The third kappa shape index (κ3) is 3.08. The molecule has 2 aromatic rings. The Kier molecular flexibility index (Phi) is 4.59. The van der Waals surface area contributed by atoms with E-state index >= 15 is 0 Å². The largest absolute Gasteiger partial charge is 0.496 e. The van der Waals surface area contributed by atoms with Gasteiger partial charge in [0.25, 0.3) is 0 Å². The fraction of sp³-hybridized carbons (Fsp3) is 0.188. The highest BCUT2D eigenvalue weighted by Gasteiger charge is 2.07. The van der Waals surface area contributed by atoms with Crippen molar-refractivity contribution in [3.8, 4) is 17.6 Å². The molecule has 0 saturated carbocycles. The van der Waals surface area contributed by atoms with Gasteiger partial charge in [-0.15, -0.1) is 0 Å². The normalized spacial score (nSPS) is 9.85. The zero-order chi connectivity index (χ0) is 14.4. The van der Waals surface area contributed by atoms with Gasteiger partial charge in [-0.2, -0.15) is 5.26 Å². The molecule has 2 aromatic carbocycles. The lowest BCUT2D eigenvalue weighted by atomic mass is 10.1. The number of methoxy groups -OCH3 is 1. The molecule has 0 aliphatic rings. The van der Waals surface area contributed by atoms with E-state index in [1.165, 1.54) is 0 Å². The highest BCUT2D eigenvalue weighted by Crippen LogP contribution is 2.23. The van der Waals surface area contributed by atoms with Crippen LogP contribution in [0.3, 0.4) is 0 Å². The van der Waals surface area contributed by atoms with Gasteiger partial charge in [0.05, 0.1) is 18.7 Å². The second kappa shape index (κ2) is 6.60. The maximum atomic E-state index is 8.94. The van der Waals surface area contributed by atoms with Crippen molar-refractivity contribution in [3.63, 3.8) is 0 Å². The summed E-state index contributed by atoms with van der Waals surface area (Å²) < 4.78 is 11.1. The van der Waals surface area contributed by atoms with Crippen molar-refractivity contribution in [2.75, 3.05) is 7.11 Å². The average molecular weight is 268 g/mol. The van der Waals surface area contributed by atoms with Gasteiger partial charge in [-0.1, -0.05) is 18.2 Å². The summed E-state index contributed by atoms with van der Waals surface area (Å²) in [6.07, 6.45) is 0. The van der Waals surface area contributed by atoms with E-state index < -0.39 is 0 Å². The second-order valence-corrected chi connectivity index (χ2v) is 4.24. The highest BCUT2D eigenvalue weighted by atomic mass is 16.5. The molecule has 0 aliphatic heterocycles. The maximum Gasteiger partial charge on any atom is 0.125 e. The third-order valence-electron chi connectivity index (χ3n) is 2.99. The SMILES string of the molecule is COc1ccc(C#N)cc1COc1ccccc1CN. The summed E-state index contributed by atoms with van der Waals surface area (Å²) in [5, 5.41) is 8.94. The van der Waals surface area contributed by atoms with E-state index in [1.54, 1.807) is 25.3 Å². The molecule has 4 heteroatoms. The summed E-state index contributed by atoms with van der Waals surface area (Å²) in [7, 11) is 1.60. The molecule has 0 amide bonds. The van der Waals surface area contributed by atoms with Crippen LogP contribution in [0.15, 0.2) is 42.5 Å². The number of benzene rings is 2. The van der Waals surface area contributed by atoms with E-state index in [-0.39, 0.29) is 0 Å². The summed E-state index contributed by atoms with van der Waals surface area (Å²) in [5.74, 6) is 1.45. The van der Waals surface area contributed by atoms with Crippen molar-refractivity contribution in [1.29, 1.82) is 5.26 Å². The van der Waals surface area contributed by atoms with E-state index in [0.29, 0.717) is 24.5 Å². The first-order valence-corrected chi connectivity index (χ1v) is 6.26. The summed E-state index contributed by atoms with van der Waals surface area (Å²) in [6, 6.07) is 15.0. The zero-order valence-electron chi connectivity index (χ0n) is 11.3. The van der Waals surface area contributed by atoms with Crippen LogP contribution in [0.25, 0.3) is 0 Å². The monoisotopic (exact) mass is 268 g/mol. The van der Waals surface area contributed by atoms with Gasteiger partial charge in [0.15, 0.2) is 0 Å². The molecule has 0 aliphatic carbocycles. The fourth-order valence-electron chi connectivity index (χ4n) is 1.93. The van der Waals surface area contributed by atoms with Crippen molar-refractivity contribution < 1.29 is 9.47 Å². The minimum atomic E-state index is 0.329. The lowest BCUT2D eigenvalue weighted by molar-refractivity contribution is 0.294. The van der Waals surface area contributed by atoms with E-state index in [0.717, 1.165) is 16.9 Å². The van der Waals surface area contributed by atoms with Crippen LogP contribution in [0.4, 0.5) is 0 Å². The highest BCUT2D eigenvalue weighted by molar-refractivity contribution is 5.42. The Bertz CT molecular complexity index is 633. The molecule has 0 heterocycles. The van der Waals surface area contributed by atoms with Crippen LogP contribution in [0, 0.1) is 11.3 Å². The first kappa shape index (κ1) is 13.9. The number of hydrogen-bond donors (Lipinski definition) is 1. The van der Waals surface area contributed by atoms with Gasteiger partial charge in [0, 0.05) is 17.7 Å². The molecule has 2 N–H and O–H groups in total. The average Bonchev–Trinajstić information content (AvgIpc) is 2.52. The standard InChI is InChI=1S/C16H16N2O2/c1-19-15-7-6-12(9-17)8-14(15)11-20-16-5-3-2-4-13(16)10-18/h2-8H,10-11,18H2,1H3. The summed E-state index contributed by atoms with van der Waals surface area (Å²) in [4.78, 5) is 0. The number of rotatable bonds is 5. The third-order valence-corrected chi connectivity index (χ3v) is 2.99. The van der Waals surface area contributed by atoms with Crippen LogP contribution in [0.2, 0.25) is 0 Å². The minimum Gasteiger partial charge on any atom is -0.496 e. The van der Waals surface area contributed by atoms with E-state index in [1.807, 2.05) is 24.3 Å². The Morgan fingerprint density at radius 3 is 2.60 bits per heavy atom. The van der Waals surface area contributed by atoms with Gasteiger partial charge < -0.3 is 15.2 Å². The molecule has 0 aromatic heterocycles. The van der Waals surface area contributed by atoms with Crippen molar-refractivity contribution in [2.45, 2.75) is 13.2 Å². The Balaban J connectivity index is 2.20. The molecular weight excluding hydrogens is 252 g/mol. The summed E-state index contributed by atoms with van der Waals surface area (Å²) in [6.45, 7) is 0.751. The predicted molar refractivity (Wildman–Crippen MR) is 76.4 cm³/mol. The number of para-hydroxylation sites is 1. The van der Waals surface area contributed by atoms with Gasteiger partial charge in [0.1, 0.15) is 18.1 Å². The van der Waals surface area contributed by atoms with Crippen molar-refractivity contribution in [2.24, 2.45) is 5.73 Å². The van der Waals surface area contributed by atoms with Gasteiger partial charge >= 0.3 is 0 Å². The Labute approximate surface area is 118 Å². The van der Waals surface area contributed by atoms with E-state index in [9.17, 15) is 0 Å². The number of hydrogen-bond acceptors (Lipinski definition) is 4. The first-order valence-electron chi connectivity index (χ1n) is 6.26. The number of nitrogens with two attached hydrogens (primary N) is 1. The molecule has 0 radical (unpaired) electrons. The van der Waals surface area contributed by atoms with Gasteiger partial charge in [0.2, 0.25) is 0 Å². The van der Waals surface area contributed by atoms with Crippen molar-refractivity contribution in [3.05, 3.63) is 59.2 Å². The molecule has 0 unspecified atom stereocenters. The smallest absolute Gasteiger partial charge is 0.125 e. The maximum absolute atomic E-state index is 8.94. The lowest BCUT2D eigenvalue weighted by Crippen LogP contribution is -2.03. The molecular formula is C16H16N2O2. The predicted octanol–water partition coefficient (Wildman–Crippen LogP) is 2.60. The molecule has 0 saturated heterocycles. The first-order chi connectivity index (χ1) is 9.78. The quantitative estimate of drug-likeness (QED) is 0.905. The van der Waals surface area contributed by atoms with Crippen LogP contribution < -0.4 is 15.2 Å². The van der Waals surface area contributed by atoms with Gasteiger partial charge in [-0.25, -0.2) is 0 Å². The van der Waals surface area contributed by atoms with E-state index in [4.69, 9.17) is 20.5 Å². The van der Waals surface area contributed by atoms with Crippen LogP contribution in [0.1, 0.15) is 16.7 Å². The molecule has 2 rings (SSSR count). The fourth-order valence-corrected chi connectivity index (χ4v) is 1.93.